The molecule has 31 heavy (non-hydrogen) atoms. The molecule has 0 amide bonds. The van der Waals surface area contributed by atoms with Crippen molar-refractivity contribution in [1.82, 2.24) is 0 Å². The molecule has 0 heterocycles. The average molecular weight is 415 g/mol. The number of hydrogen-bond donors (Lipinski definition) is 0. The number of ether oxygens (including phenoxy) is 1. The van der Waals surface area contributed by atoms with Crippen LogP contribution in [-0.2, 0) is 0 Å². The number of para-hydroxylation sites is 1. The minimum absolute atomic E-state index is 0.162. The van der Waals surface area contributed by atoms with Crippen LogP contribution in [0.1, 0.15) is 56.0 Å². The van der Waals surface area contributed by atoms with E-state index < -0.39 is 11.8 Å². The first-order valence-corrected chi connectivity index (χ1v) is 10.7. The van der Waals surface area contributed by atoms with Crippen LogP contribution in [0.25, 0.3) is 16.8 Å². The molecule has 0 aliphatic heterocycles. The fourth-order valence-corrected chi connectivity index (χ4v) is 4.40. The van der Waals surface area contributed by atoms with Gasteiger partial charge in [0.25, 0.3) is 0 Å². The normalized spacial score (nSPS) is 16.1. The van der Waals surface area contributed by atoms with E-state index in [4.69, 9.17) is 4.74 Å². The number of fused-ring (bicyclic) bond motifs is 1. The van der Waals surface area contributed by atoms with Crippen molar-refractivity contribution in [2.45, 2.75) is 40.0 Å². The minimum atomic E-state index is -0.571. The van der Waals surface area contributed by atoms with E-state index >= 15 is 0 Å². The lowest BCUT2D eigenvalue weighted by molar-refractivity contribution is 0.0734. The van der Waals surface area contributed by atoms with E-state index in [1.165, 1.54) is 30.1 Å². The van der Waals surface area contributed by atoms with Crippen LogP contribution in [-0.4, -0.2) is 5.97 Å². The van der Waals surface area contributed by atoms with Gasteiger partial charge in [0.2, 0.25) is 0 Å². The molecular formula is C28H27FO2. The van der Waals surface area contributed by atoms with Gasteiger partial charge in [0.05, 0.1) is 5.56 Å². The molecule has 3 aromatic rings. The van der Waals surface area contributed by atoms with Gasteiger partial charge in [-0.05, 0) is 78.5 Å². The molecule has 0 aromatic heterocycles. The van der Waals surface area contributed by atoms with E-state index in [-0.39, 0.29) is 11.0 Å². The van der Waals surface area contributed by atoms with E-state index in [1.807, 2.05) is 24.3 Å². The molecule has 0 saturated heterocycles. The first-order chi connectivity index (χ1) is 14.8. The fraction of sp³-hybridized carbons (Fsp3) is 0.250. The van der Waals surface area contributed by atoms with E-state index in [1.54, 1.807) is 30.3 Å². The third-order valence-electron chi connectivity index (χ3n) is 6.10. The molecule has 3 heteroatoms. The molecule has 1 aliphatic rings. The lowest BCUT2D eigenvalue weighted by Gasteiger charge is -2.32. The lowest BCUT2D eigenvalue weighted by atomic mass is 9.72. The van der Waals surface area contributed by atoms with Crippen LogP contribution in [0.3, 0.4) is 0 Å². The van der Waals surface area contributed by atoms with Crippen molar-refractivity contribution in [3.8, 4) is 5.75 Å². The summed E-state index contributed by atoms with van der Waals surface area (Å²) in [5.41, 5.74) is 4.10. The van der Waals surface area contributed by atoms with Crippen molar-refractivity contribution in [3.63, 3.8) is 0 Å². The van der Waals surface area contributed by atoms with Crippen LogP contribution in [0.15, 0.2) is 77.9 Å². The van der Waals surface area contributed by atoms with Crippen LogP contribution in [0.5, 0.6) is 5.75 Å². The van der Waals surface area contributed by atoms with Gasteiger partial charge in [-0.2, -0.15) is 0 Å². The second-order valence-corrected chi connectivity index (χ2v) is 8.91. The monoisotopic (exact) mass is 414 g/mol. The summed E-state index contributed by atoms with van der Waals surface area (Å²) in [4.78, 5) is 12.4. The van der Waals surface area contributed by atoms with Crippen molar-refractivity contribution >= 4 is 22.8 Å². The van der Waals surface area contributed by atoms with Gasteiger partial charge in [-0.15, -0.1) is 0 Å². The summed E-state index contributed by atoms with van der Waals surface area (Å²) in [7, 11) is 0. The Balaban J connectivity index is 1.61. The maximum atomic E-state index is 14.9. The molecule has 1 aliphatic carbocycles. The Labute approximate surface area is 183 Å². The highest BCUT2D eigenvalue weighted by atomic mass is 19.1. The van der Waals surface area contributed by atoms with E-state index in [0.717, 1.165) is 12.0 Å². The van der Waals surface area contributed by atoms with Gasteiger partial charge < -0.3 is 4.74 Å². The molecular weight excluding hydrogens is 387 g/mol. The van der Waals surface area contributed by atoms with Crippen LogP contribution in [0.2, 0.25) is 0 Å². The molecule has 2 nitrogen and oxygen atoms in total. The summed E-state index contributed by atoms with van der Waals surface area (Å²) in [6.07, 6.45) is 7.78. The molecule has 0 atom stereocenters. The van der Waals surface area contributed by atoms with Gasteiger partial charge in [0, 0.05) is 5.39 Å². The fourth-order valence-electron chi connectivity index (χ4n) is 4.40. The SMILES string of the molecule is CC1=C(/C=C/c2ccc3cc(C(=O)Oc4ccccc4)cc(F)c3c2)C(C)(C)CCC1. The molecule has 0 radical (unpaired) electrons. The van der Waals surface area contributed by atoms with E-state index in [2.05, 4.69) is 32.9 Å². The van der Waals surface area contributed by atoms with Crippen LogP contribution < -0.4 is 4.74 Å². The Bertz CT molecular complexity index is 1190. The van der Waals surface area contributed by atoms with Gasteiger partial charge in [0.15, 0.2) is 0 Å². The molecule has 0 unspecified atom stereocenters. The largest absolute Gasteiger partial charge is 0.423 e. The molecule has 0 N–H and O–H groups in total. The van der Waals surface area contributed by atoms with Gasteiger partial charge in [0.1, 0.15) is 11.6 Å². The van der Waals surface area contributed by atoms with E-state index in [9.17, 15) is 9.18 Å². The van der Waals surface area contributed by atoms with Gasteiger partial charge in [-0.25, -0.2) is 9.18 Å². The Kier molecular flexibility index (Phi) is 5.77. The standard InChI is InChI=1S/C28H27FO2/c1-19-8-7-15-28(2,3)25(19)14-12-20-11-13-21-17-22(18-26(29)24(21)16-20)27(30)31-23-9-5-4-6-10-23/h4-6,9-14,16-18H,7-8,15H2,1-3H3/b14-12+. The quantitative estimate of drug-likeness (QED) is 0.322. The summed E-state index contributed by atoms with van der Waals surface area (Å²) in [6.45, 7) is 6.77. The summed E-state index contributed by atoms with van der Waals surface area (Å²) in [5.74, 6) is -0.567. The lowest BCUT2D eigenvalue weighted by Crippen LogP contribution is -2.18. The first-order valence-electron chi connectivity index (χ1n) is 10.7. The summed E-state index contributed by atoms with van der Waals surface area (Å²) >= 11 is 0. The molecule has 0 saturated carbocycles. The molecule has 0 spiro atoms. The topological polar surface area (TPSA) is 26.3 Å². The minimum Gasteiger partial charge on any atom is -0.423 e. The van der Waals surface area contributed by atoms with Crippen molar-refractivity contribution < 1.29 is 13.9 Å². The number of allylic oxidation sites excluding steroid dienone is 3. The Morgan fingerprint density at radius 3 is 2.55 bits per heavy atom. The number of benzene rings is 3. The highest BCUT2D eigenvalue weighted by Gasteiger charge is 2.26. The zero-order valence-corrected chi connectivity index (χ0v) is 18.2. The number of carbonyl (C=O) groups is 1. The molecule has 0 bridgehead atoms. The third kappa shape index (κ3) is 4.61. The maximum absolute atomic E-state index is 14.9. The smallest absolute Gasteiger partial charge is 0.343 e. The number of hydrogen-bond acceptors (Lipinski definition) is 2. The van der Waals surface area contributed by atoms with Crippen molar-refractivity contribution in [3.05, 3.63) is 94.8 Å². The second kappa shape index (κ2) is 8.50. The summed E-state index contributed by atoms with van der Waals surface area (Å²) in [6, 6.07) is 17.4. The number of carbonyl (C=O) groups excluding carboxylic acids is 1. The van der Waals surface area contributed by atoms with Crippen molar-refractivity contribution in [2.75, 3.05) is 0 Å². The average Bonchev–Trinajstić information content (AvgIpc) is 2.74. The molecule has 3 aromatic carbocycles. The molecule has 158 valence electrons. The Morgan fingerprint density at radius 1 is 1.03 bits per heavy atom. The number of esters is 1. The summed E-state index contributed by atoms with van der Waals surface area (Å²) in [5, 5.41) is 1.16. The summed E-state index contributed by atoms with van der Waals surface area (Å²) < 4.78 is 20.2. The van der Waals surface area contributed by atoms with E-state index in [0.29, 0.717) is 16.5 Å². The number of halogens is 1. The van der Waals surface area contributed by atoms with Crippen LogP contribution in [0.4, 0.5) is 4.39 Å². The second-order valence-electron chi connectivity index (χ2n) is 8.91. The molecule has 0 fully saturated rings. The van der Waals surface area contributed by atoms with Gasteiger partial charge in [-0.1, -0.05) is 61.9 Å². The Hall–Kier alpha value is -3.20. The molecule has 4 rings (SSSR count). The maximum Gasteiger partial charge on any atom is 0.343 e. The number of rotatable bonds is 4. The van der Waals surface area contributed by atoms with Crippen LogP contribution >= 0.6 is 0 Å². The van der Waals surface area contributed by atoms with Crippen LogP contribution in [0, 0.1) is 11.2 Å². The third-order valence-corrected chi connectivity index (χ3v) is 6.10. The predicted octanol–water partition coefficient (Wildman–Crippen LogP) is 7.74. The highest BCUT2D eigenvalue weighted by molar-refractivity contribution is 5.97. The van der Waals surface area contributed by atoms with Crippen molar-refractivity contribution in [1.29, 1.82) is 0 Å². The first kappa shape index (κ1) is 21.0. The van der Waals surface area contributed by atoms with Gasteiger partial charge >= 0.3 is 5.97 Å². The predicted molar refractivity (Wildman–Crippen MR) is 125 cm³/mol. The van der Waals surface area contributed by atoms with Crippen molar-refractivity contribution in [2.24, 2.45) is 5.41 Å². The Morgan fingerprint density at radius 2 is 1.81 bits per heavy atom. The highest BCUT2D eigenvalue weighted by Crippen LogP contribution is 2.41. The zero-order valence-electron chi connectivity index (χ0n) is 18.2. The van der Waals surface area contributed by atoms with Gasteiger partial charge in [-0.3, -0.25) is 0 Å². The zero-order chi connectivity index (χ0) is 22.0.